The summed E-state index contributed by atoms with van der Waals surface area (Å²) in [4.78, 5) is 18.1. The van der Waals surface area contributed by atoms with Crippen LogP contribution in [-0.4, -0.2) is 43.1 Å². The predicted octanol–water partition coefficient (Wildman–Crippen LogP) is 2.01. The number of amides is 1. The number of aromatic nitrogens is 1. The standard InChI is InChI=1S/C18H20N2O3S/c21-18(13-15-5-4-9-19-14-15)20-10-8-17(24(22,23)12-11-20)16-6-2-1-3-7-16/h1-7,9,14,17H,8,10-13H2. The third-order valence-electron chi connectivity index (χ3n) is 4.34. The Kier molecular flexibility index (Phi) is 4.94. The van der Waals surface area contributed by atoms with Crippen LogP contribution in [0.1, 0.15) is 22.8 Å². The van der Waals surface area contributed by atoms with Gasteiger partial charge in [0.05, 0.1) is 17.4 Å². The quantitative estimate of drug-likeness (QED) is 0.854. The second-order valence-electron chi connectivity index (χ2n) is 5.97. The topological polar surface area (TPSA) is 67.3 Å². The molecule has 1 fully saturated rings. The molecule has 1 unspecified atom stereocenters. The van der Waals surface area contributed by atoms with E-state index in [2.05, 4.69) is 4.98 Å². The highest BCUT2D eigenvalue weighted by atomic mass is 32.2. The molecule has 0 N–H and O–H groups in total. The van der Waals surface area contributed by atoms with E-state index in [9.17, 15) is 13.2 Å². The molecule has 24 heavy (non-hydrogen) atoms. The molecule has 1 amide bonds. The number of hydrogen-bond donors (Lipinski definition) is 0. The van der Waals surface area contributed by atoms with Gasteiger partial charge in [-0.05, 0) is 23.6 Å². The number of nitrogens with zero attached hydrogens (tertiary/aromatic N) is 2. The van der Waals surface area contributed by atoms with Crippen LogP contribution in [0.5, 0.6) is 0 Å². The van der Waals surface area contributed by atoms with Crippen LogP contribution in [0, 0.1) is 0 Å². The molecule has 1 atom stereocenters. The van der Waals surface area contributed by atoms with Crippen LogP contribution >= 0.6 is 0 Å². The van der Waals surface area contributed by atoms with Crippen LogP contribution in [-0.2, 0) is 21.1 Å². The van der Waals surface area contributed by atoms with Crippen molar-refractivity contribution in [2.75, 3.05) is 18.8 Å². The number of carbonyl (C=O) groups is 1. The Morgan fingerprint density at radius 1 is 1.12 bits per heavy atom. The third kappa shape index (κ3) is 3.82. The normalized spacial score (nSPS) is 20.3. The van der Waals surface area contributed by atoms with E-state index >= 15 is 0 Å². The maximum Gasteiger partial charge on any atom is 0.227 e. The average molecular weight is 344 g/mol. The molecule has 6 heteroatoms. The first-order valence-corrected chi connectivity index (χ1v) is 9.71. The monoisotopic (exact) mass is 344 g/mol. The summed E-state index contributed by atoms with van der Waals surface area (Å²) in [7, 11) is -3.26. The van der Waals surface area contributed by atoms with Crippen LogP contribution in [0.2, 0.25) is 0 Å². The van der Waals surface area contributed by atoms with Crippen molar-refractivity contribution in [3.63, 3.8) is 0 Å². The summed E-state index contributed by atoms with van der Waals surface area (Å²) in [6.45, 7) is 0.711. The SMILES string of the molecule is O=C(Cc1cccnc1)N1CCC(c2ccccc2)S(=O)(=O)CC1. The molecule has 0 spiro atoms. The van der Waals surface area contributed by atoms with Gasteiger partial charge in [0.1, 0.15) is 0 Å². The lowest BCUT2D eigenvalue weighted by molar-refractivity contribution is -0.130. The van der Waals surface area contributed by atoms with Gasteiger partial charge in [-0.15, -0.1) is 0 Å². The molecule has 5 nitrogen and oxygen atoms in total. The van der Waals surface area contributed by atoms with E-state index in [0.29, 0.717) is 13.0 Å². The summed E-state index contributed by atoms with van der Waals surface area (Å²) >= 11 is 0. The molecule has 3 rings (SSSR count). The van der Waals surface area contributed by atoms with Gasteiger partial charge in [-0.3, -0.25) is 9.78 Å². The number of hydrogen-bond acceptors (Lipinski definition) is 4. The highest BCUT2D eigenvalue weighted by molar-refractivity contribution is 7.91. The molecule has 1 aromatic carbocycles. The van der Waals surface area contributed by atoms with Crippen molar-refractivity contribution in [1.29, 1.82) is 0 Å². The number of benzene rings is 1. The van der Waals surface area contributed by atoms with Crippen molar-refractivity contribution >= 4 is 15.7 Å². The summed E-state index contributed by atoms with van der Waals surface area (Å²) < 4.78 is 25.2. The Bertz CT molecular complexity index is 792. The zero-order valence-corrected chi connectivity index (χ0v) is 14.2. The summed E-state index contributed by atoms with van der Waals surface area (Å²) in [5, 5.41) is -0.533. The minimum atomic E-state index is -3.26. The highest BCUT2D eigenvalue weighted by Crippen LogP contribution is 2.29. The van der Waals surface area contributed by atoms with Crippen molar-refractivity contribution in [3.8, 4) is 0 Å². The van der Waals surface area contributed by atoms with Crippen LogP contribution in [0.3, 0.4) is 0 Å². The first kappa shape index (κ1) is 16.6. The lowest BCUT2D eigenvalue weighted by Crippen LogP contribution is -2.34. The molecule has 126 valence electrons. The maximum absolute atomic E-state index is 12.6. The number of pyridine rings is 1. The van der Waals surface area contributed by atoms with Crippen molar-refractivity contribution < 1.29 is 13.2 Å². The summed E-state index contributed by atoms with van der Waals surface area (Å²) in [6.07, 6.45) is 4.02. The fraction of sp³-hybridized carbons (Fsp3) is 0.333. The molecular formula is C18H20N2O3S. The predicted molar refractivity (Wildman–Crippen MR) is 92.1 cm³/mol. The van der Waals surface area contributed by atoms with E-state index in [0.717, 1.165) is 11.1 Å². The van der Waals surface area contributed by atoms with Gasteiger partial charge in [0.2, 0.25) is 5.91 Å². The number of rotatable bonds is 3. The highest BCUT2D eigenvalue weighted by Gasteiger charge is 2.32. The molecule has 0 radical (unpaired) electrons. The zero-order chi connectivity index (χ0) is 17.0. The van der Waals surface area contributed by atoms with E-state index in [1.165, 1.54) is 0 Å². The van der Waals surface area contributed by atoms with Gasteiger partial charge >= 0.3 is 0 Å². The lowest BCUT2D eigenvalue weighted by Gasteiger charge is -2.20. The third-order valence-corrected chi connectivity index (χ3v) is 6.47. The molecule has 2 aromatic rings. The Labute approximate surface area is 142 Å². The average Bonchev–Trinajstić information content (AvgIpc) is 2.75. The lowest BCUT2D eigenvalue weighted by atomic mass is 10.1. The van der Waals surface area contributed by atoms with Crippen molar-refractivity contribution in [3.05, 3.63) is 66.0 Å². The van der Waals surface area contributed by atoms with E-state index < -0.39 is 15.1 Å². The molecule has 2 heterocycles. The molecule has 1 aromatic heterocycles. The van der Waals surface area contributed by atoms with Gasteiger partial charge in [-0.25, -0.2) is 8.42 Å². The Morgan fingerprint density at radius 3 is 2.62 bits per heavy atom. The van der Waals surface area contributed by atoms with Gasteiger partial charge in [0.25, 0.3) is 0 Å². The van der Waals surface area contributed by atoms with Crippen LogP contribution in [0.25, 0.3) is 0 Å². The minimum absolute atomic E-state index is 0.00530. The smallest absolute Gasteiger partial charge is 0.227 e. The van der Waals surface area contributed by atoms with E-state index in [1.54, 1.807) is 23.4 Å². The summed E-state index contributed by atoms with van der Waals surface area (Å²) in [5.41, 5.74) is 1.65. The van der Waals surface area contributed by atoms with Crippen molar-refractivity contribution in [2.45, 2.75) is 18.1 Å². The molecular weight excluding hydrogens is 324 g/mol. The van der Waals surface area contributed by atoms with Crippen LogP contribution in [0.4, 0.5) is 0 Å². The second-order valence-corrected chi connectivity index (χ2v) is 8.28. The van der Waals surface area contributed by atoms with Crippen molar-refractivity contribution in [2.24, 2.45) is 0 Å². The fourth-order valence-corrected chi connectivity index (χ4v) is 4.82. The first-order valence-electron chi connectivity index (χ1n) is 7.99. The number of sulfone groups is 1. The first-order chi connectivity index (χ1) is 11.6. The second kappa shape index (κ2) is 7.13. The molecule has 0 bridgehead atoms. The molecule has 0 saturated carbocycles. The van der Waals surface area contributed by atoms with Crippen molar-refractivity contribution in [1.82, 2.24) is 9.88 Å². The summed E-state index contributed by atoms with van der Waals surface area (Å²) in [6, 6.07) is 12.9. The van der Waals surface area contributed by atoms with Crippen LogP contribution in [0.15, 0.2) is 54.9 Å². The summed E-state index contributed by atoms with van der Waals surface area (Å²) in [5.74, 6) is -0.0439. The van der Waals surface area contributed by atoms with Crippen LogP contribution < -0.4 is 0 Å². The minimum Gasteiger partial charge on any atom is -0.341 e. The van der Waals surface area contributed by atoms with Gasteiger partial charge in [-0.2, -0.15) is 0 Å². The number of carbonyl (C=O) groups excluding carboxylic acids is 1. The largest absolute Gasteiger partial charge is 0.341 e. The van der Waals surface area contributed by atoms with Gasteiger partial charge in [0, 0.05) is 25.5 Å². The van der Waals surface area contributed by atoms with E-state index in [1.807, 2.05) is 36.4 Å². The molecule has 0 aliphatic carbocycles. The van der Waals surface area contributed by atoms with Gasteiger partial charge in [0.15, 0.2) is 9.84 Å². The van der Waals surface area contributed by atoms with Gasteiger partial charge < -0.3 is 4.90 Å². The van der Waals surface area contributed by atoms with E-state index in [-0.39, 0.29) is 24.6 Å². The Balaban J connectivity index is 1.73. The molecule has 1 aliphatic heterocycles. The zero-order valence-electron chi connectivity index (χ0n) is 13.3. The van der Waals surface area contributed by atoms with Gasteiger partial charge in [-0.1, -0.05) is 36.4 Å². The molecule has 1 saturated heterocycles. The molecule has 1 aliphatic rings. The Hall–Kier alpha value is -2.21. The maximum atomic E-state index is 12.6. The fourth-order valence-electron chi connectivity index (χ4n) is 3.02. The van der Waals surface area contributed by atoms with E-state index in [4.69, 9.17) is 0 Å². The Morgan fingerprint density at radius 2 is 1.92 bits per heavy atom.